The minimum absolute atomic E-state index is 0.00835. The second-order valence-electron chi connectivity index (χ2n) is 12.7. The molecule has 3 aromatic rings. The van der Waals surface area contributed by atoms with Crippen molar-refractivity contribution in [2.75, 3.05) is 23.8 Å². The van der Waals surface area contributed by atoms with Crippen LogP contribution in [-0.4, -0.2) is 25.2 Å². The Morgan fingerprint density at radius 3 is 1.21 bits per heavy atom. The van der Waals surface area contributed by atoms with E-state index in [1.807, 2.05) is 24.3 Å². The summed E-state index contributed by atoms with van der Waals surface area (Å²) in [6.45, 7) is 15.0. The number of anilines is 2. The van der Waals surface area contributed by atoms with Gasteiger partial charge in [0.15, 0.2) is 0 Å². The van der Waals surface area contributed by atoms with Crippen molar-refractivity contribution in [1.29, 1.82) is 0 Å². The highest BCUT2D eigenvalue weighted by Crippen LogP contribution is 2.24. The van der Waals surface area contributed by atoms with Gasteiger partial charge in [-0.3, -0.25) is 0 Å². The van der Waals surface area contributed by atoms with Crippen molar-refractivity contribution in [3.63, 3.8) is 0 Å². The third kappa shape index (κ3) is 10.9. The summed E-state index contributed by atoms with van der Waals surface area (Å²) in [5, 5.41) is 6.82. The summed E-state index contributed by atoms with van der Waals surface area (Å²) in [7, 11) is 0. The molecule has 0 radical (unpaired) electrons. The van der Waals surface area contributed by atoms with Gasteiger partial charge in [-0.1, -0.05) is 78.6 Å². The van der Waals surface area contributed by atoms with Crippen molar-refractivity contribution in [3.05, 3.63) is 95.1 Å². The van der Waals surface area contributed by atoms with E-state index in [1.165, 1.54) is 0 Å². The molecule has 6 nitrogen and oxygen atoms in total. The highest BCUT2D eigenvalue weighted by Gasteiger charge is 2.21. The normalized spacial score (nSPS) is 11.6. The van der Waals surface area contributed by atoms with Gasteiger partial charge < -0.3 is 20.1 Å². The average Bonchev–Trinajstić information content (AvgIpc) is 2.97. The van der Waals surface area contributed by atoms with E-state index in [0.29, 0.717) is 37.4 Å². The van der Waals surface area contributed by atoms with Crippen molar-refractivity contribution in [2.45, 2.75) is 80.3 Å². The fraction of sp³-hybridized carbons (Fsp3) is 0.444. The number of carbonyl (C=O) groups is 2. The Hall–Kier alpha value is -3.80. The minimum atomic E-state index is -0.282. The van der Waals surface area contributed by atoms with E-state index in [-0.39, 0.29) is 22.8 Å². The maximum Gasteiger partial charge on any atom is 0.338 e. The highest BCUT2D eigenvalue weighted by atomic mass is 16.5. The maximum atomic E-state index is 12.4. The van der Waals surface area contributed by atoms with E-state index in [1.54, 1.807) is 24.3 Å². The van der Waals surface area contributed by atoms with Crippen LogP contribution >= 0.6 is 0 Å². The third-order valence-electron chi connectivity index (χ3n) is 7.30. The number of benzene rings is 3. The molecule has 6 heteroatoms. The zero-order valence-corrected chi connectivity index (χ0v) is 26.2. The Morgan fingerprint density at radius 1 is 0.571 bits per heavy atom. The van der Waals surface area contributed by atoms with Crippen molar-refractivity contribution < 1.29 is 19.1 Å². The van der Waals surface area contributed by atoms with Crippen LogP contribution in [0.25, 0.3) is 0 Å². The fourth-order valence-corrected chi connectivity index (χ4v) is 4.82. The topological polar surface area (TPSA) is 76.7 Å². The molecular formula is C36H48N2O4. The molecule has 0 aliphatic carbocycles. The van der Waals surface area contributed by atoms with Crippen LogP contribution in [0.15, 0.2) is 72.8 Å². The molecule has 0 heterocycles. The quantitative estimate of drug-likeness (QED) is 0.167. The summed E-state index contributed by atoms with van der Waals surface area (Å²) < 4.78 is 11.1. The van der Waals surface area contributed by atoms with Crippen LogP contribution in [0.1, 0.15) is 99.1 Å². The summed E-state index contributed by atoms with van der Waals surface area (Å²) in [5.41, 5.74) is 5.31. The van der Waals surface area contributed by atoms with Crippen LogP contribution < -0.4 is 10.6 Å². The number of hydrogen-bond donors (Lipinski definition) is 2. The first kappa shape index (κ1) is 32.7. The lowest BCUT2D eigenvalue weighted by Gasteiger charge is -2.23. The van der Waals surface area contributed by atoms with Gasteiger partial charge in [0.2, 0.25) is 0 Å². The molecule has 0 saturated carbocycles. The van der Waals surface area contributed by atoms with Gasteiger partial charge in [0, 0.05) is 24.5 Å². The van der Waals surface area contributed by atoms with Gasteiger partial charge in [-0.25, -0.2) is 9.59 Å². The first-order valence-electron chi connectivity index (χ1n) is 15.1. The molecule has 0 saturated heterocycles. The second-order valence-corrected chi connectivity index (χ2v) is 12.7. The molecule has 0 aliphatic rings. The average molecular weight is 573 g/mol. The third-order valence-corrected chi connectivity index (χ3v) is 7.30. The molecule has 0 aliphatic heterocycles. The lowest BCUT2D eigenvalue weighted by Crippen LogP contribution is -2.21. The number of nitrogens with one attached hydrogen (secondary N) is 2. The van der Waals surface area contributed by atoms with Gasteiger partial charge in [0.1, 0.15) is 0 Å². The molecule has 0 unspecified atom stereocenters. The van der Waals surface area contributed by atoms with E-state index in [0.717, 1.165) is 48.2 Å². The largest absolute Gasteiger partial charge is 0.462 e. The Kier molecular flexibility index (Phi) is 12.0. The number of hydrogen-bond acceptors (Lipinski definition) is 6. The van der Waals surface area contributed by atoms with Crippen molar-refractivity contribution in [3.8, 4) is 0 Å². The molecule has 0 aromatic heterocycles. The summed E-state index contributed by atoms with van der Waals surface area (Å²) in [5.74, 6) is -0.564. The van der Waals surface area contributed by atoms with Gasteiger partial charge >= 0.3 is 11.9 Å². The Labute approximate surface area is 252 Å². The lowest BCUT2D eigenvalue weighted by molar-refractivity contribution is 0.0320. The molecule has 226 valence electrons. The Bertz CT molecular complexity index is 1160. The summed E-state index contributed by atoms with van der Waals surface area (Å²) in [6, 6.07) is 23.3. The van der Waals surface area contributed by atoms with Crippen LogP contribution in [0.5, 0.6) is 0 Å². The molecule has 0 amide bonds. The van der Waals surface area contributed by atoms with E-state index in [2.05, 4.69) is 76.4 Å². The number of rotatable bonds is 16. The van der Waals surface area contributed by atoms with Gasteiger partial charge in [0.05, 0.1) is 24.3 Å². The zero-order chi connectivity index (χ0) is 30.6. The number of carbonyl (C=O) groups excluding carboxylic acids is 2. The second kappa shape index (κ2) is 15.4. The molecule has 2 N–H and O–H groups in total. The monoisotopic (exact) mass is 572 g/mol. The van der Waals surface area contributed by atoms with Gasteiger partial charge in [-0.15, -0.1) is 0 Å². The molecule has 0 spiro atoms. The maximum absolute atomic E-state index is 12.4. The van der Waals surface area contributed by atoms with Crippen LogP contribution in [0.4, 0.5) is 11.4 Å². The molecule has 3 rings (SSSR count). The fourth-order valence-electron chi connectivity index (χ4n) is 4.82. The predicted molar refractivity (Wildman–Crippen MR) is 172 cm³/mol. The first-order chi connectivity index (χ1) is 20.0. The SMILES string of the molecule is CCCC(C)(C)COC(=O)c1ccc(NCc2ccc(CNc3ccc(C(=O)OCC(C)(C)CCC)cc3)cc2)cc1. The summed E-state index contributed by atoms with van der Waals surface area (Å²) in [4.78, 5) is 24.8. The molecule has 0 atom stereocenters. The van der Waals surface area contributed by atoms with Gasteiger partial charge in [-0.2, -0.15) is 0 Å². The lowest BCUT2D eigenvalue weighted by atomic mass is 9.89. The standard InChI is InChI=1S/C36H48N2O4/c1-7-21-35(3,4)25-41-33(39)29-13-17-31(18-14-29)37-23-27-9-11-28(12-10-27)24-38-32-19-15-30(16-20-32)34(40)42-26-36(5,6)22-8-2/h9-20,37-38H,7-8,21-26H2,1-6H3. The summed E-state index contributed by atoms with van der Waals surface area (Å²) in [6.07, 6.45) is 4.17. The van der Waals surface area contributed by atoms with Gasteiger partial charge in [0.25, 0.3) is 0 Å². The van der Waals surface area contributed by atoms with Crippen LogP contribution in [-0.2, 0) is 22.6 Å². The first-order valence-corrected chi connectivity index (χ1v) is 15.1. The molecular weight excluding hydrogens is 524 g/mol. The molecule has 0 fully saturated rings. The van der Waals surface area contributed by atoms with E-state index < -0.39 is 0 Å². The van der Waals surface area contributed by atoms with Crippen LogP contribution in [0.2, 0.25) is 0 Å². The number of esters is 2. The van der Waals surface area contributed by atoms with E-state index in [4.69, 9.17) is 9.47 Å². The molecule has 42 heavy (non-hydrogen) atoms. The Morgan fingerprint density at radius 2 is 0.905 bits per heavy atom. The van der Waals surface area contributed by atoms with Crippen molar-refractivity contribution in [1.82, 2.24) is 0 Å². The van der Waals surface area contributed by atoms with E-state index >= 15 is 0 Å². The van der Waals surface area contributed by atoms with Crippen LogP contribution in [0.3, 0.4) is 0 Å². The van der Waals surface area contributed by atoms with Crippen molar-refractivity contribution >= 4 is 23.3 Å². The zero-order valence-electron chi connectivity index (χ0n) is 26.2. The predicted octanol–water partition coefficient (Wildman–Crippen LogP) is 8.88. The Balaban J connectivity index is 1.41. The van der Waals surface area contributed by atoms with Crippen molar-refractivity contribution in [2.24, 2.45) is 10.8 Å². The smallest absolute Gasteiger partial charge is 0.338 e. The van der Waals surface area contributed by atoms with Crippen LogP contribution in [0, 0.1) is 10.8 Å². The summed E-state index contributed by atoms with van der Waals surface area (Å²) >= 11 is 0. The highest BCUT2D eigenvalue weighted by molar-refractivity contribution is 5.90. The van der Waals surface area contributed by atoms with E-state index in [9.17, 15) is 9.59 Å². The molecule has 0 bridgehead atoms. The van der Waals surface area contributed by atoms with Gasteiger partial charge in [-0.05, 0) is 83.3 Å². The minimum Gasteiger partial charge on any atom is -0.462 e. The molecule has 3 aromatic carbocycles. The number of ether oxygens (including phenoxy) is 2.